The fourth-order valence-corrected chi connectivity index (χ4v) is 4.56. The summed E-state index contributed by atoms with van der Waals surface area (Å²) in [6.07, 6.45) is 3.02. The number of carbonyl (C=O) groups excluding carboxylic acids is 1. The molecule has 0 amide bonds. The van der Waals surface area contributed by atoms with E-state index in [1.165, 1.54) is 0 Å². The minimum atomic E-state index is -0.797. The Morgan fingerprint density at radius 1 is 1.48 bits per heavy atom. The highest BCUT2D eigenvalue weighted by Crippen LogP contribution is 2.47. The van der Waals surface area contributed by atoms with Gasteiger partial charge in [0.1, 0.15) is 16.1 Å². The maximum absolute atomic E-state index is 13.3. The summed E-state index contributed by atoms with van der Waals surface area (Å²) in [5, 5.41) is 18.5. The molecule has 1 aliphatic rings. The Labute approximate surface area is 163 Å². The van der Waals surface area contributed by atoms with E-state index < -0.39 is 11.1 Å². The van der Waals surface area contributed by atoms with E-state index in [4.69, 9.17) is 4.74 Å². The van der Waals surface area contributed by atoms with Gasteiger partial charge in [0.2, 0.25) is 0 Å². The molecule has 0 spiro atoms. The van der Waals surface area contributed by atoms with Crippen LogP contribution in [0.25, 0.3) is 0 Å². The number of aryl methyl sites for hydroxylation is 1. The van der Waals surface area contributed by atoms with Gasteiger partial charge in [-0.2, -0.15) is 0 Å². The molecule has 0 aromatic carbocycles. The van der Waals surface area contributed by atoms with Gasteiger partial charge in [-0.3, -0.25) is 10.1 Å². The lowest BCUT2D eigenvalue weighted by atomic mass is 9.84. The monoisotopic (exact) mass is 392 g/mol. The van der Waals surface area contributed by atoms with Crippen molar-refractivity contribution < 1.29 is 9.53 Å². The van der Waals surface area contributed by atoms with Gasteiger partial charge in [-0.05, 0) is 50.0 Å². The minimum absolute atomic E-state index is 0.0672. The van der Waals surface area contributed by atoms with Crippen LogP contribution in [0.15, 0.2) is 11.6 Å². The van der Waals surface area contributed by atoms with Gasteiger partial charge in [-0.25, -0.2) is 9.67 Å². The topological polar surface area (TPSA) is 94.8 Å². The van der Waals surface area contributed by atoms with Crippen molar-refractivity contribution in [1.29, 1.82) is 0 Å². The number of tetrazole rings is 1. The first kappa shape index (κ1) is 19.9. The number of thiazole rings is 1. The number of nitrogens with zero attached hydrogens (tertiary/aromatic N) is 5. The molecule has 1 N–H and O–H groups in total. The van der Waals surface area contributed by atoms with Gasteiger partial charge < -0.3 is 4.74 Å². The van der Waals surface area contributed by atoms with Crippen LogP contribution in [0.1, 0.15) is 70.3 Å². The number of aromatic nitrogens is 5. The molecule has 0 aliphatic carbocycles. The molecule has 3 heterocycles. The summed E-state index contributed by atoms with van der Waals surface area (Å²) in [5.74, 6) is 0.778. The lowest BCUT2D eigenvalue weighted by Gasteiger charge is -2.33. The highest BCUT2D eigenvalue weighted by molar-refractivity contribution is 7.09. The Balaban J connectivity index is 2.02. The van der Waals surface area contributed by atoms with Gasteiger partial charge in [0.25, 0.3) is 0 Å². The van der Waals surface area contributed by atoms with Crippen molar-refractivity contribution in [2.75, 3.05) is 0 Å². The maximum atomic E-state index is 13.3. The number of ether oxygens (including phenoxy) is 1. The van der Waals surface area contributed by atoms with Crippen LogP contribution in [0.2, 0.25) is 0 Å². The van der Waals surface area contributed by atoms with Crippen LogP contribution >= 0.6 is 11.3 Å². The first-order valence-corrected chi connectivity index (χ1v) is 10.1. The Hall–Kier alpha value is -1.87. The number of hydrogen-bond donors (Lipinski definition) is 1. The van der Waals surface area contributed by atoms with Crippen molar-refractivity contribution in [3.05, 3.63) is 22.4 Å². The summed E-state index contributed by atoms with van der Waals surface area (Å²) < 4.78 is 7.48. The molecule has 0 radical (unpaired) electrons. The smallest absolute Gasteiger partial charge is 0.326 e. The fourth-order valence-electron chi connectivity index (χ4n) is 3.80. The van der Waals surface area contributed by atoms with Gasteiger partial charge in [-0.1, -0.05) is 13.8 Å². The molecular formula is C18H28N6O2S. The summed E-state index contributed by atoms with van der Waals surface area (Å²) in [4.78, 5) is 17.8. The van der Waals surface area contributed by atoms with Crippen LogP contribution in [0.5, 0.6) is 0 Å². The SMILES string of the molecule is CC(C)C[C@@]1(C(=O)OC(C)(C)C)C[C@H](c2nnnn2C)[C@H](c2nccs2)N1. The van der Waals surface area contributed by atoms with Crippen LogP contribution in [0.4, 0.5) is 0 Å². The minimum Gasteiger partial charge on any atom is -0.459 e. The second-order valence-corrected chi connectivity index (χ2v) is 9.57. The molecular weight excluding hydrogens is 364 g/mol. The number of carbonyl (C=O) groups is 1. The highest BCUT2D eigenvalue weighted by Gasteiger charge is 2.54. The predicted octanol–water partition coefficient (Wildman–Crippen LogP) is 2.61. The molecule has 1 aliphatic heterocycles. The number of nitrogens with one attached hydrogen (secondary N) is 1. The predicted molar refractivity (Wildman–Crippen MR) is 102 cm³/mol. The molecule has 2 aromatic heterocycles. The van der Waals surface area contributed by atoms with Gasteiger partial charge in [-0.15, -0.1) is 16.4 Å². The fraction of sp³-hybridized carbons (Fsp3) is 0.722. The molecule has 27 heavy (non-hydrogen) atoms. The average molecular weight is 393 g/mol. The van der Waals surface area contributed by atoms with E-state index >= 15 is 0 Å². The molecule has 148 valence electrons. The lowest BCUT2D eigenvalue weighted by Crippen LogP contribution is -2.52. The second-order valence-electron chi connectivity index (χ2n) is 8.65. The Morgan fingerprint density at radius 2 is 2.22 bits per heavy atom. The van der Waals surface area contributed by atoms with E-state index in [-0.39, 0.29) is 17.9 Å². The summed E-state index contributed by atoms with van der Waals surface area (Å²) in [5.41, 5.74) is -1.35. The molecule has 0 bridgehead atoms. The number of rotatable bonds is 5. The van der Waals surface area contributed by atoms with Gasteiger partial charge in [0.05, 0.1) is 6.04 Å². The molecule has 3 rings (SSSR count). The first-order chi connectivity index (χ1) is 12.6. The van der Waals surface area contributed by atoms with Crippen LogP contribution < -0.4 is 5.32 Å². The molecule has 1 fully saturated rings. The lowest BCUT2D eigenvalue weighted by molar-refractivity contribution is -0.163. The third-order valence-corrected chi connectivity index (χ3v) is 5.51. The molecule has 9 heteroatoms. The summed E-state index contributed by atoms with van der Waals surface area (Å²) in [6, 6.07) is -0.138. The van der Waals surface area contributed by atoms with Gasteiger partial charge in [0, 0.05) is 24.5 Å². The first-order valence-electron chi connectivity index (χ1n) is 9.24. The van der Waals surface area contributed by atoms with E-state index in [9.17, 15) is 4.79 Å². The standard InChI is InChI=1S/C18H28N6O2S/c1-11(2)9-18(16(25)26-17(3,4)5)10-12(14-21-22-23-24(14)6)13(20-18)15-19-7-8-27-15/h7-8,11-13,20H,9-10H2,1-6H3/t12-,13+,18-/m0/s1. The Bertz CT molecular complexity index is 782. The Kier molecular flexibility index (Phi) is 5.36. The quantitative estimate of drug-likeness (QED) is 0.782. The number of hydrogen-bond acceptors (Lipinski definition) is 8. The zero-order valence-corrected chi connectivity index (χ0v) is 17.6. The van der Waals surface area contributed by atoms with Crippen LogP contribution in [-0.2, 0) is 16.6 Å². The zero-order valence-electron chi connectivity index (χ0n) is 16.8. The molecule has 0 unspecified atom stereocenters. The second kappa shape index (κ2) is 7.27. The third-order valence-electron chi connectivity index (χ3n) is 4.65. The maximum Gasteiger partial charge on any atom is 0.326 e. The van der Waals surface area contributed by atoms with Gasteiger partial charge >= 0.3 is 5.97 Å². The van der Waals surface area contributed by atoms with Gasteiger partial charge in [0.15, 0.2) is 5.82 Å². The third kappa shape index (κ3) is 4.19. The summed E-state index contributed by atoms with van der Waals surface area (Å²) in [6.45, 7) is 9.91. The van der Waals surface area contributed by atoms with Crippen molar-refractivity contribution in [2.24, 2.45) is 13.0 Å². The van der Waals surface area contributed by atoms with Crippen LogP contribution in [0.3, 0.4) is 0 Å². The average Bonchev–Trinajstić information content (AvgIpc) is 3.24. The summed E-state index contributed by atoms with van der Waals surface area (Å²) in [7, 11) is 1.82. The van der Waals surface area contributed by atoms with Crippen molar-refractivity contribution in [1.82, 2.24) is 30.5 Å². The summed E-state index contributed by atoms with van der Waals surface area (Å²) >= 11 is 1.57. The van der Waals surface area contributed by atoms with E-state index in [0.29, 0.717) is 18.8 Å². The largest absolute Gasteiger partial charge is 0.459 e. The van der Waals surface area contributed by atoms with E-state index in [1.807, 2.05) is 33.2 Å². The van der Waals surface area contributed by atoms with Crippen LogP contribution in [-0.4, -0.2) is 42.3 Å². The Morgan fingerprint density at radius 3 is 2.74 bits per heavy atom. The van der Waals surface area contributed by atoms with Crippen molar-refractivity contribution in [2.45, 2.75) is 70.6 Å². The van der Waals surface area contributed by atoms with E-state index in [1.54, 1.807) is 22.2 Å². The van der Waals surface area contributed by atoms with Crippen molar-refractivity contribution >= 4 is 17.3 Å². The number of esters is 1. The van der Waals surface area contributed by atoms with Crippen molar-refractivity contribution in [3.8, 4) is 0 Å². The molecule has 0 saturated carbocycles. The molecule has 2 aromatic rings. The molecule has 8 nitrogen and oxygen atoms in total. The zero-order chi connectivity index (χ0) is 19.8. The molecule has 1 saturated heterocycles. The van der Waals surface area contributed by atoms with Crippen LogP contribution in [0, 0.1) is 5.92 Å². The molecule has 3 atom stereocenters. The highest BCUT2D eigenvalue weighted by atomic mass is 32.1. The van der Waals surface area contributed by atoms with E-state index in [2.05, 4.69) is 39.7 Å². The van der Waals surface area contributed by atoms with Crippen molar-refractivity contribution in [3.63, 3.8) is 0 Å². The normalized spacial score (nSPS) is 25.9. The van der Waals surface area contributed by atoms with E-state index in [0.717, 1.165) is 10.8 Å².